The smallest absolute Gasteiger partial charge is 0.227 e. The van der Waals surface area contributed by atoms with E-state index in [1.807, 2.05) is 24.4 Å². The van der Waals surface area contributed by atoms with Crippen molar-refractivity contribution in [3.8, 4) is 11.1 Å². The average molecular weight is 427 g/mol. The molecule has 0 atom stereocenters. The second-order valence-corrected chi connectivity index (χ2v) is 8.16. The van der Waals surface area contributed by atoms with Gasteiger partial charge in [-0.25, -0.2) is 15.0 Å². The van der Waals surface area contributed by atoms with Crippen LogP contribution in [0.3, 0.4) is 0 Å². The van der Waals surface area contributed by atoms with Crippen LogP contribution in [0.1, 0.15) is 11.1 Å². The van der Waals surface area contributed by atoms with Crippen molar-refractivity contribution < 1.29 is 4.74 Å². The predicted octanol–water partition coefficient (Wildman–Crippen LogP) is 4.16. The van der Waals surface area contributed by atoms with Crippen LogP contribution in [0, 0.1) is 6.92 Å². The van der Waals surface area contributed by atoms with Gasteiger partial charge < -0.3 is 15.8 Å². The summed E-state index contributed by atoms with van der Waals surface area (Å²) in [5.41, 5.74) is 12.3. The first kappa shape index (κ1) is 20.4. The van der Waals surface area contributed by atoms with Gasteiger partial charge in [0.05, 0.1) is 18.7 Å². The summed E-state index contributed by atoms with van der Waals surface area (Å²) in [6.45, 7) is 6.33. The molecule has 1 aliphatic rings. The molecule has 0 bridgehead atoms. The lowest BCUT2D eigenvalue weighted by Gasteiger charge is -2.27. The number of hydrogen-bond acceptors (Lipinski definition) is 7. The molecule has 5 rings (SSSR count). The number of morpholine rings is 1. The molecule has 32 heavy (non-hydrogen) atoms. The van der Waals surface area contributed by atoms with Gasteiger partial charge in [0.25, 0.3) is 0 Å². The lowest BCUT2D eigenvalue weighted by atomic mass is 10.0. The highest BCUT2D eigenvalue weighted by molar-refractivity contribution is 5.80. The minimum Gasteiger partial charge on any atom is -0.384 e. The standard InChI is InChI=1S/C25H26N6O/c1-17-2-3-23-21(10-17)15-28-25(30-23)29-22-12-18(16-31-6-8-32-9-7-31)11-20(13-22)19-4-5-27-24(26)14-19/h2-5,10-15H,6-9,16H2,1H3,(H2,26,27)(H,28,29,30). The highest BCUT2D eigenvalue weighted by Gasteiger charge is 2.13. The zero-order valence-electron chi connectivity index (χ0n) is 18.1. The van der Waals surface area contributed by atoms with Crippen molar-refractivity contribution in [2.75, 3.05) is 37.4 Å². The number of aromatic nitrogens is 3. The predicted molar refractivity (Wildman–Crippen MR) is 128 cm³/mol. The van der Waals surface area contributed by atoms with Gasteiger partial charge >= 0.3 is 0 Å². The van der Waals surface area contributed by atoms with Crippen molar-refractivity contribution in [2.45, 2.75) is 13.5 Å². The summed E-state index contributed by atoms with van der Waals surface area (Å²) < 4.78 is 5.50. The first-order valence-electron chi connectivity index (χ1n) is 10.8. The highest BCUT2D eigenvalue weighted by atomic mass is 16.5. The second-order valence-electron chi connectivity index (χ2n) is 8.16. The minimum atomic E-state index is 0.503. The molecule has 1 saturated heterocycles. The Kier molecular flexibility index (Phi) is 5.66. The molecule has 1 aliphatic heterocycles. The first-order chi connectivity index (χ1) is 15.6. The zero-order valence-corrected chi connectivity index (χ0v) is 18.1. The molecule has 2 aromatic carbocycles. The number of anilines is 3. The van der Waals surface area contributed by atoms with Gasteiger partial charge in [0.15, 0.2) is 0 Å². The zero-order chi connectivity index (χ0) is 21.9. The van der Waals surface area contributed by atoms with Gasteiger partial charge in [-0.15, -0.1) is 0 Å². The van der Waals surface area contributed by atoms with E-state index in [9.17, 15) is 0 Å². The third-order valence-corrected chi connectivity index (χ3v) is 5.61. The third kappa shape index (κ3) is 4.69. The Morgan fingerprint density at radius 1 is 1.00 bits per heavy atom. The van der Waals surface area contributed by atoms with Gasteiger partial charge in [-0.2, -0.15) is 0 Å². The Morgan fingerprint density at radius 3 is 2.72 bits per heavy atom. The van der Waals surface area contributed by atoms with Crippen LogP contribution in [0.5, 0.6) is 0 Å². The molecule has 0 saturated carbocycles. The number of nitrogens with zero attached hydrogens (tertiary/aromatic N) is 4. The molecule has 4 aromatic rings. The number of rotatable bonds is 5. The van der Waals surface area contributed by atoms with Crippen molar-refractivity contribution in [2.24, 2.45) is 0 Å². The maximum Gasteiger partial charge on any atom is 0.227 e. The normalized spacial score (nSPS) is 14.5. The van der Waals surface area contributed by atoms with Gasteiger partial charge in [-0.05, 0) is 66.1 Å². The van der Waals surface area contributed by atoms with Crippen LogP contribution in [0.25, 0.3) is 22.0 Å². The first-order valence-corrected chi connectivity index (χ1v) is 10.8. The average Bonchev–Trinajstić information content (AvgIpc) is 2.80. The molecule has 3 N–H and O–H groups in total. The molecule has 7 heteroatoms. The summed E-state index contributed by atoms with van der Waals surface area (Å²) in [4.78, 5) is 15.8. The number of aryl methyl sites for hydroxylation is 1. The van der Waals surface area contributed by atoms with Crippen LogP contribution in [0.2, 0.25) is 0 Å². The number of ether oxygens (including phenoxy) is 1. The van der Waals surface area contributed by atoms with Crippen LogP contribution in [-0.2, 0) is 11.3 Å². The number of fused-ring (bicyclic) bond motifs is 1. The molecule has 1 fully saturated rings. The highest BCUT2D eigenvalue weighted by Crippen LogP contribution is 2.28. The van der Waals surface area contributed by atoms with Crippen molar-refractivity contribution in [1.82, 2.24) is 19.9 Å². The van der Waals surface area contributed by atoms with Crippen molar-refractivity contribution in [1.29, 1.82) is 0 Å². The summed E-state index contributed by atoms with van der Waals surface area (Å²) >= 11 is 0. The molecule has 7 nitrogen and oxygen atoms in total. The number of pyridine rings is 1. The maximum absolute atomic E-state index is 5.94. The summed E-state index contributed by atoms with van der Waals surface area (Å²) in [6.07, 6.45) is 3.60. The van der Waals surface area contributed by atoms with Crippen LogP contribution >= 0.6 is 0 Å². The van der Waals surface area contributed by atoms with E-state index in [1.165, 1.54) is 11.1 Å². The summed E-state index contributed by atoms with van der Waals surface area (Å²) in [7, 11) is 0. The number of nitrogens with two attached hydrogens (primary N) is 1. The van der Waals surface area contributed by atoms with Crippen LogP contribution in [-0.4, -0.2) is 46.2 Å². The van der Waals surface area contributed by atoms with Gasteiger partial charge in [0.2, 0.25) is 5.95 Å². The third-order valence-electron chi connectivity index (χ3n) is 5.61. The fraction of sp³-hybridized carbons (Fsp3) is 0.240. The maximum atomic E-state index is 5.94. The van der Waals surface area contributed by atoms with E-state index in [2.05, 4.69) is 57.4 Å². The molecule has 3 heterocycles. The lowest BCUT2D eigenvalue weighted by Crippen LogP contribution is -2.35. The van der Waals surface area contributed by atoms with E-state index in [4.69, 9.17) is 15.5 Å². The Bertz CT molecular complexity index is 1250. The fourth-order valence-corrected chi connectivity index (χ4v) is 4.01. The summed E-state index contributed by atoms with van der Waals surface area (Å²) in [5, 5.41) is 4.43. The van der Waals surface area contributed by atoms with Crippen molar-refractivity contribution in [3.63, 3.8) is 0 Å². The largest absolute Gasteiger partial charge is 0.384 e. The molecular weight excluding hydrogens is 400 g/mol. The Labute approximate surface area is 187 Å². The Hall–Kier alpha value is -3.55. The van der Waals surface area contributed by atoms with Crippen LogP contribution in [0.4, 0.5) is 17.5 Å². The fourth-order valence-electron chi connectivity index (χ4n) is 4.01. The Balaban J connectivity index is 1.49. The molecule has 2 aromatic heterocycles. The molecular formula is C25H26N6O. The monoisotopic (exact) mass is 426 g/mol. The van der Waals surface area contributed by atoms with E-state index in [0.29, 0.717) is 11.8 Å². The summed E-state index contributed by atoms with van der Waals surface area (Å²) in [5.74, 6) is 1.08. The SMILES string of the molecule is Cc1ccc2nc(Nc3cc(CN4CCOCC4)cc(-c4ccnc(N)c4)c3)ncc2c1. The van der Waals surface area contributed by atoms with Crippen molar-refractivity contribution >= 4 is 28.4 Å². The molecule has 162 valence electrons. The number of nitrogens with one attached hydrogen (secondary N) is 1. The number of hydrogen-bond donors (Lipinski definition) is 2. The molecule has 0 radical (unpaired) electrons. The molecule has 0 unspecified atom stereocenters. The minimum absolute atomic E-state index is 0.503. The Morgan fingerprint density at radius 2 is 1.88 bits per heavy atom. The van der Waals surface area contributed by atoms with Gasteiger partial charge in [-0.1, -0.05) is 11.6 Å². The second kappa shape index (κ2) is 8.90. The van der Waals surface area contributed by atoms with E-state index in [-0.39, 0.29) is 0 Å². The van der Waals surface area contributed by atoms with Crippen LogP contribution in [0.15, 0.2) is 60.9 Å². The van der Waals surface area contributed by atoms with E-state index < -0.39 is 0 Å². The van der Waals surface area contributed by atoms with E-state index in [1.54, 1.807) is 6.20 Å². The molecule has 0 aliphatic carbocycles. The van der Waals surface area contributed by atoms with Gasteiger partial charge in [-0.3, -0.25) is 4.90 Å². The number of nitrogen functional groups attached to an aromatic ring is 1. The van der Waals surface area contributed by atoms with E-state index >= 15 is 0 Å². The van der Waals surface area contributed by atoms with Crippen LogP contribution < -0.4 is 11.1 Å². The van der Waals surface area contributed by atoms with Gasteiger partial charge in [0, 0.05) is 43.1 Å². The topological polar surface area (TPSA) is 89.2 Å². The molecule has 0 spiro atoms. The van der Waals surface area contributed by atoms with Crippen molar-refractivity contribution in [3.05, 3.63) is 72.1 Å². The number of benzene rings is 2. The van der Waals surface area contributed by atoms with E-state index in [0.717, 1.165) is 60.6 Å². The molecule has 0 amide bonds. The van der Waals surface area contributed by atoms with Gasteiger partial charge in [0.1, 0.15) is 5.82 Å². The summed E-state index contributed by atoms with van der Waals surface area (Å²) in [6, 6.07) is 16.5. The quantitative estimate of drug-likeness (QED) is 0.495. The lowest BCUT2D eigenvalue weighted by molar-refractivity contribution is 0.0342.